The highest BCUT2D eigenvalue weighted by molar-refractivity contribution is 5.35. The average molecular weight is 494 g/mol. The topological polar surface area (TPSA) is 105 Å². The third-order valence-corrected chi connectivity index (χ3v) is 12.7. The Kier molecular flexibility index (Phi) is 6.69. The zero-order chi connectivity index (χ0) is 26.5. The minimum Gasteiger partial charge on any atom is -0.389 e. The molecule has 6 heteroatoms. The number of allylic oxidation sites excluding steroid dienone is 1. The molecule has 1 saturated heterocycles. The predicted molar refractivity (Wildman–Crippen MR) is 137 cm³/mol. The third-order valence-electron chi connectivity index (χ3n) is 12.7. The number of rotatable bonds is 4. The van der Waals surface area contributed by atoms with Gasteiger partial charge in [0.1, 0.15) is 11.7 Å². The van der Waals surface area contributed by atoms with E-state index in [9.17, 15) is 15.5 Å². The summed E-state index contributed by atoms with van der Waals surface area (Å²) in [6.07, 6.45) is -0.235. The molecule has 4 rings (SSSR count). The van der Waals surface area contributed by atoms with Crippen molar-refractivity contribution in [1.29, 1.82) is 0 Å². The Balaban J connectivity index is 1.96. The van der Waals surface area contributed by atoms with Gasteiger partial charge in [-0.15, -0.1) is 0 Å². The van der Waals surface area contributed by atoms with Crippen molar-refractivity contribution in [2.45, 2.75) is 112 Å². The van der Waals surface area contributed by atoms with Crippen molar-refractivity contribution >= 4 is 0 Å². The fraction of sp³-hybridized carbons (Fsp3) is 0.931. The first-order chi connectivity index (χ1) is 16.0. The van der Waals surface area contributed by atoms with E-state index in [0.29, 0.717) is 18.4 Å². The van der Waals surface area contributed by atoms with Crippen LogP contribution in [0, 0.1) is 51.8 Å². The van der Waals surface area contributed by atoms with E-state index in [-0.39, 0.29) is 46.0 Å². The Hall–Kier alpha value is -0.500. The van der Waals surface area contributed by atoms with E-state index >= 15 is 0 Å². The Labute approximate surface area is 212 Å². The Morgan fingerprint density at radius 1 is 1.09 bits per heavy atom. The van der Waals surface area contributed by atoms with Crippen molar-refractivity contribution in [3.8, 4) is 0 Å². The summed E-state index contributed by atoms with van der Waals surface area (Å²) in [5.41, 5.74) is 7.47. The van der Waals surface area contributed by atoms with E-state index in [2.05, 4.69) is 62.3 Å². The lowest BCUT2D eigenvalue weighted by atomic mass is 9.36. The Morgan fingerprint density at radius 3 is 2.17 bits per heavy atom. The van der Waals surface area contributed by atoms with Crippen molar-refractivity contribution in [2.24, 2.45) is 57.5 Å². The van der Waals surface area contributed by atoms with Crippen molar-refractivity contribution in [1.82, 2.24) is 0 Å². The first-order valence-corrected chi connectivity index (χ1v) is 13.8. The van der Waals surface area contributed by atoms with E-state index in [1.807, 2.05) is 0 Å². The molecule has 1 heterocycles. The molecule has 0 spiro atoms. The van der Waals surface area contributed by atoms with Gasteiger partial charge >= 0.3 is 0 Å². The number of hydrogen-bond donors (Lipinski definition) is 4. The molecular weight excluding hydrogens is 442 g/mol. The molecule has 2 bridgehead atoms. The number of nitrogens with two attached hydrogens (primary N) is 1. The van der Waals surface area contributed by atoms with Gasteiger partial charge in [0.2, 0.25) is 0 Å². The maximum Gasteiger partial charge on any atom is 0.126 e. The third kappa shape index (κ3) is 3.36. The maximum absolute atomic E-state index is 12.2. The molecule has 0 amide bonds. The van der Waals surface area contributed by atoms with Gasteiger partial charge in [0.05, 0.1) is 18.8 Å². The summed E-state index contributed by atoms with van der Waals surface area (Å²) in [6.45, 7) is 23.3. The molecule has 5 N–H and O–H groups in total. The van der Waals surface area contributed by atoms with Crippen molar-refractivity contribution in [3.05, 3.63) is 11.1 Å². The molecule has 1 aliphatic heterocycles. The van der Waals surface area contributed by atoms with E-state index in [0.717, 1.165) is 12.8 Å². The monoisotopic (exact) mass is 493 g/mol. The van der Waals surface area contributed by atoms with Gasteiger partial charge in [-0.05, 0) is 66.6 Å². The second kappa shape index (κ2) is 8.51. The highest BCUT2D eigenvalue weighted by atomic mass is 17.1. The maximum atomic E-state index is 12.2. The van der Waals surface area contributed by atoms with Crippen LogP contribution in [0.1, 0.15) is 82.1 Å². The van der Waals surface area contributed by atoms with Crippen molar-refractivity contribution in [3.63, 3.8) is 0 Å². The molecule has 35 heavy (non-hydrogen) atoms. The summed E-state index contributed by atoms with van der Waals surface area (Å²) in [5.74, 6) is 1.10. The van der Waals surface area contributed by atoms with Gasteiger partial charge in [-0.2, -0.15) is 0 Å². The molecule has 2 saturated carbocycles. The molecule has 6 nitrogen and oxygen atoms in total. The first kappa shape index (κ1) is 27.5. The van der Waals surface area contributed by atoms with Crippen LogP contribution >= 0.6 is 0 Å². The van der Waals surface area contributed by atoms with Gasteiger partial charge in [-0.3, -0.25) is 5.26 Å². The summed E-state index contributed by atoms with van der Waals surface area (Å²) in [7, 11) is 0. The van der Waals surface area contributed by atoms with Crippen LogP contribution in [-0.2, 0) is 9.62 Å². The van der Waals surface area contributed by atoms with Crippen LogP contribution in [0.3, 0.4) is 0 Å². The van der Waals surface area contributed by atoms with Gasteiger partial charge < -0.3 is 20.7 Å². The molecular formula is C29H51NO5. The van der Waals surface area contributed by atoms with E-state index in [1.165, 1.54) is 11.1 Å². The van der Waals surface area contributed by atoms with E-state index in [4.69, 9.17) is 15.4 Å². The summed E-state index contributed by atoms with van der Waals surface area (Å²) in [5, 5.41) is 33.1. The molecule has 0 aromatic rings. The smallest absolute Gasteiger partial charge is 0.126 e. The zero-order valence-electron chi connectivity index (χ0n) is 23.6. The van der Waals surface area contributed by atoms with E-state index < -0.39 is 23.9 Å². The zero-order valence-corrected chi connectivity index (χ0v) is 23.6. The molecule has 202 valence electrons. The molecule has 0 aromatic heterocycles. The van der Waals surface area contributed by atoms with Gasteiger partial charge in [-0.1, -0.05) is 66.5 Å². The highest BCUT2D eigenvalue weighted by Gasteiger charge is 2.71. The fourth-order valence-corrected chi connectivity index (χ4v) is 9.80. The average Bonchev–Trinajstić information content (AvgIpc) is 2.77. The SMILES string of the molecule is CC1=C2C(C)C(C)[C@]3(C)C(C)CC4OCC4(O)C3C(C)C(C)(CC1[C@@H](OO)C(O)C(C)N)C2(C)C. The number of hydrogen-bond acceptors (Lipinski definition) is 6. The standard InChI is InChI=1S/C29H51NO5/c1-14-11-21-29(32,13-34-21)25-18(5)27(9)12-20(24(35-33)23(31)19(6)30)16(3)22(26(27,7)8)15(2)17(4)28(14,25)10/h14-15,17-21,23-25,31-33H,11-13,30H2,1-10H3/t14?,15?,17?,18?,19?,20?,21?,23?,24-,25?,27?,28+,29?/m1/s1. The normalized spacial score (nSPS) is 51.8. The van der Waals surface area contributed by atoms with Crippen LogP contribution in [-0.4, -0.2) is 52.0 Å². The molecule has 13 atom stereocenters. The van der Waals surface area contributed by atoms with Gasteiger partial charge in [0, 0.05) is 17.9 Å². The second-order valence-electron chi connectivity index (χ2n) is 14.0. The molecule has 3 aliphatic carbocycles. The van der Waals surface area contributed by atoms with Gasteiger partial charge in [-0.25, -0.2) is 4.89 Å². The summed E-state index contributed by atoms with van der Waals surface area (Å²) in [4.78, 5) is 5.01. The minimum absolute atomic E-state index is 0.0534. The van der Waals surface area contributed by atoms with Gasteiger partial charge in [0.15, 0.2) is 0 Å². The van der Waals surface area contributed by atoms with Crippen LogP contribution in [0.25, 0.3) is 0 Å². The summed E-state index contributed by atoms with van der Waals surface area (Å²) < 4.78 is 5.97. The lowest BCUT2D eigenvalue weighted by Gasteiger charge is -2.71. The minimum atomic E-state index is -0.980. The molecule has 0 aromatic carbocycles. The number of aliphatic hydroxyl groups excluding tert-OH is 1. The lowest BCUT2D eigenvalue weighted by molar-refractivity contribution is -0.340. The second-order valence-corrected chi connectivity index (χ2v) is 14.0. The summed E-state index contributed by atoms with van der Waals surface area (Å²) >= 11 is 0. The number of ether oxygens (including phenoxy) is 1. The molecule has 11 unspecified atom stereocenters. The Bertz CT molecular complexity index is 871. The lowest BCUT2D eigenvalue weighted by Crippen LogP contribution is -2.75. The quantitative estimate of drug-likeness (QED) is 0.258. The van der Waals surface area contributed by atoms with Crippen LogP contribution in [0.5, 0.6) is 0 Å². The molecule has 4 aliphatic rings. The Morgan fingerprint density at radius 2 is 1.69 bits per heavy atom. The van der Waals surface area contributed by atoms with Gasteiger partial charge in [0.25, 0.3) is 0 Å². The molecule has 3 fully saturated rings. The van der Waals surface area contributed by atoms with Crippen LogP contribution in [0.2, 0.25) is 0 Å². The summed E-state index contributed by atoms with van der Waals surface area (Å²) in [6, 6.07) is -0.526. The van der Waals surface area contributed by atoms with Crippen LogP contribution < -0.4 is 5.73 Å². The van der Waals surface area contributed by atoms with E-state index in [1.54, 1.807) is 6.92 Å². The van der Waals surface area contributed by atoms with Crippen molar-refractivity contribution in [2.75, 3.05) is 6.61 Å². The largest absolute Gasteiger partial charge is 0.389 e. The first-order valence-electron chi connectivity index (χ1n) is 13.8. The highest BCUT2D eigenvalue weighted by Crippen LogP contribution is 2.71. The molecule has 0 radical (unpaired) electrons. The predicted octanol–water partition coefficient (Wildman–Crippen LogP) is 4.64. The number of aliphatic hydroxyl groups is 2. The van der Waals surface area contributed by atoms with Crippen LogP contribution in [0.4, 0.5) is 0 Å². The van der Waals surface area contributed by atoms with Crippen LogP contribution in [0.15, 0.2) is 11.1 Å². The fourth-order valence-electron chi connectivity index (χ4n) is 9.80. The number of fused-ring (bicyclic) bond motifs is 5. The van der Waals surface area contributed by atoms with Crippen molar-refractivity contribution < 1.29 is 25.1 Å².